The SMILES string of the molecule is Cc1nsc(NC2CC2c2ccccc2)n1. The second-order valence-corrected chi connectivity index (χ2v) is 4.90. The molecule has 1 aromatic carbocycles. The van der Waals surface area contributed by atoms with E-state index in [2.05, 4.69) is 45.0 Å². The van der Waals surface area contributed by atoms with Crippen LogP contribution in [-0.4, -0.2) is 15.4 Å². The van der Waals surface area contributed by atoms with Crippen molar-refractivity contribution in [3.8, 4) is 0 Å². The van der Waals surface area contributed by atoms with Crippen molar-refractivity contribution in [3.63, 3.8) is 0 Å². The summed E-state index contributed by atoms with van der Waals surface area (Å²) in [7, 11) is 0. The van der Waals surface area contributed by atoms with Gasteiger partial charge >= 0.3 is 0 Å². The van der Waals surface area contributed by atoms with Crippen LogP contribution in [0, 0.1) is 6.92 Å². The average Bonchev–Trinajstić information content (AvgIpc) is 2.95. The molecule has 4 heteroatoms. The topological polar surface area (TPSA) is 37.8 Å². The Morgan fingerprint density at radius 2 is 2.12 bits per heavy atom. The van der Waals surface area contributed by atoms with Crippen LogP contribution in [-0.2, 0) is 0 Å². The van der Waals surface area contributed by atoms with Gasteiger partial charge < -0.3 is 5.32 Å². The van der Waals surface area contributed by atoms with E-state index in [4.69, 9.17) is 0 Å². The summed E-state index contributed by atoms with van der Waals surface area (Å²) in [5, 5.41) is 4.38. The smallest absolute Gasteiger partial charge is 0.202 e. The van der Waals surface area contributed by atoms with E-state index in [1.807, 2.05) is 6.92 Å². The summed E-state index contributed by atoms with van der Waals surface area (Å²) in [6.45, 7) is 1.92. The molecule has 0 radical (unpaired) electrons. The molecule has 1 heterocycles. The van der Waals surface area contributed by atoms with Crippen LogP contribution in [0.4, 0.5) is 5.13 Å². The van der Waals surface area contributed by atoms with Crippen molar-refractivity contribution in [3.05, 3.63) is 41.7 Å². The van der Waals surface area contributed by atoms with Gasteiger partial charge in [-0.3, -0.25) is 0 Å². The molecule has 1 fully saturated rings. The molecule has 0 bridgehead atoms. The summed E-state index contributed by atoms with van der Waals surface area (Å²) in [6.07, 6.45) is 1.20. The van der Waals surface area contributed by atoms with Gasteiger partial charge in [-0.1, -0.05) is 30.3 Å². The molecule has 2 unspecified atom stereocenters. The fourth-order valence-electron chi connectivity index (χ4n) is 1.94. The van der Waals surface area contributed by atoms with Crippen LogP contribution < -0.4 is 5.32 Å². The van der Waals surface area contributed by atoms with Gasteiger partial charge in [0, 0.05) is 23.5 Å². The standard InChI is InChI=1S/C12H13N3S/c1-8-13-12(16-15-8)14-11-7-10(11)9-5-3-2-4-6-9/h2-6,10-11H,7H2,1H3,(H,13,14,15). The van der Waals surface area contributed by atoms with Gasteiger partial charge in [-0.05, 0) is 18.9 Å². The van der Waals surface area contributed by atoms with Gasteiger partial charge in [-0.15, -0.1) is 0 Å². The predicted octanol–water partition coefficient (Wildman–Crippen LogP) is 2.81. The minimum atomic E-state index is 0.537. The van der Waals surface area contributed by atoms with Crippen molar-refractivity contribution in [2.75, 3.05) is 5.32 Å². The van der Waals surface area contributed by atoms with Crippen LogP contribution in [0.3, 0.4) is 0 Å². The third kappa shape index (κ3) is 1.93. The molecule has 1 aliphatic rings. The minimum absolute atomic E-state index is 0.537. The Morgan fingerprint density at radius 1 is 1.31 bits per heavy atom. The first-order chi connectivity index (χ1) is 7.83. The summed E-state index contributed by atoms with van der Waals surface area (Å²) < 4.78 is 4.16. The van der Waals surface area contributed by atoms with Gasteiger partial charge in [0.05, 0.1) is 0 Å². The Bertz CT molecular complexity index is 480. The van der Waals surface area contributed by atoms with E-state index >= 15 is 0 Å². The maximum absolute atomic E-state index is 4.32. The number of hydrogen-bond acceptors (Lipinski definition) is 4. The summed E-state index contributed by atoms with van der Waals surface area (Å²) in [6, 6.07) is 11.2. The largest absolute Gasteiger partial charge is 0.357 e. The number of benzene rings is 1. The first-order valence-electron chi connectivity index (χ1n) is 5.45. The highest BCUT2D eigenvalue weighted by atomic mass is 32.1. The van der Waals surface area contributed by atoms with Gasteiger partial charge in [0.1, 0.15) is 5.82 Å². The number of rotatable bonds is 3. The molecule has 0 saturated heterocycles. The van der Waals surface area contributed by atoms with Crippen molar-refractivity contribution in [1.82, 2.24) is 9.36 Å². The lowest BCUT2D eigenvalue weighted by atomic mass is 10.1. The van der Waals surface area contributed by atoms with Crippen LogP contribution in [0.15, 0.2) is 30.3 Å². The van der Waals surface area contributed by atoms with Crippen molar-refractivity contribution >= 4 is 16.7 Å². The first-order valence-corrected chi connectivity index (χ1v) is 6.22. The third-order valence-electron chi connectivity index (χ3n) is 2.85. The molecule has 2 aromatic rings. The Hall–Kier alpha value is -1.42. The monoisotopic (exact) mass is 231 g/mol. The molecule has 1 N–H and O–H groups in total. The minimum Gasteiger partial charge on any atom is -0.357 e. The highest BCUT2D eigenvalue weighted by Crippen LogP contribution is 2.42. The van der Waals surface area contributed by atoms with E-state index < -0.39 is 0 Å². The molecule has 3 nitrogen and oxygen atoms in total. The molecule has 1 saturated carbocycles. The Morgan fingerprint density at radius 3 is 2.81 bits per heavy atom. The number of nitrogens with one attached hydrogen (secondary N) is 1. The lowest BCUT2D eigenvalue weighted by Crippen LogP contribution is -2.03. The van der Waals surface area contributed by atoms with Crippen molar-refractivity contribution < 1.29 is 0 Å². The van der Waals surface area contributed by atoms with E-state index in [9.17, 15) is 0 Å². The van der Waals surface area contributed by atoms with E-state index in [1.165, 1.54) is 23.5 Å². The quantitative estimate of drug-likeness (QED) is 0.882. The Balaban J connectivity index is 1.65. The van der Waals surface area contributed by atoms with Crippen LogP contribution in [0.25, 0.3) is 0 Å². The van der Waals surface area contributed by atoms with Gasteiger partial charge in [-0.2, -0.15) is 4.37 Å². The number of hydrogen-bond donors (Lipinski definition) is 1. The lowest BCUT2D eigenvalue weighted by molar-refractivity contribution is 1.03. The summed E-state index contributed by atoms with van der Waals surface area (Å²) in [5.74, 6) is 1.50. The van der Waals surface area contributed by atoms with Crippen LogP contribution in [0.1, 0.15) is 23.7 Å². The molecule has 82 valence electrons. The number of aromatic nitrogens is 2. The Labute approximate surface area is 98.7 Å². The molecule has 0 spiro atoms. The zero-order valence-electron chi connectivity index (χ0n) is 9.05. The maximum atomic E-state index is 4.32. The van der Waals surface area contributed by atoms with E-state index in [0.717, 1.165) is 11.0 Å². The van der Waals surface area contributed by atoms with Crippen LogP contribution >= 0.6 is 11.5 Å². The van der Waals surface area contributed by atoms with Crippen LogP contribution in [0.2, 0.25) is 0 Å². The van der Waals surface area contributed by atoms with Crippen LogP contribution in [0.5, 0.6) is 0 Å². The van der Waals surface area contributed by atoms with Crippen molar-refractivity contribution in [2.24, 2.45) is 0 Å². The molecular weight excluding hydrogens is 218 g/mol. The molecule has 1 aromatic heterocycles. The summed E-state index contributed by atoms with van der Waals surface area (Å²) in [5.41, 5.74) is 1.42. The number of aryl methyl sites for hydroxylation is 1. The highest BCUT2D eigenvalue weighted by molar-refractivity contribution is 7.09. The number of anilines is 1. The van der Waals surface area contributed by atoms with Gasteiger partial charge in [-0.25, -0.2) is 4.98 Å². The number of nitrogens with zero attached hydrogens (tertiary/aromatic N) is 2. The van der Waals surface area contributed by atoms with E-state index in [0.29, 0.717) is 12.0 Å². The van der Waals surface area contributed by atoms with Gasteiger partial charge in [0.15, 0.2) is 0 Å². The van der Waals surface area contributed by atoms with Crippen molar-refractivity contribution in [1.29, 1.82) is 0 Å². The van der Waals surface area contributed by atoms with E-state index in [1.54, 1.807) is 0 Å². The molecule has 16 heavy (non-hydrogen) atoms. The molecule has 0 amide bonds. The molecule has 3 rings (SSSR count). The fourth-order valence-corrected chi connectivity index (χ4v) is 2.57. The normalized spacial score (nSPS) is 23.1. The lowest BCUT2D eigenvalue weighted by Gasteiger charge is -2.01. The Kier molecular flexibility index (Phi) is 2.36. The molecule has 2 atom stereocenters. The zero-order valence-corrected chi connectivity index (χ0v) is 9.87. The maximum Gasteiger partial charge on any atom is 0.202 e. The third-order valence-corrected chi connectivity index (χ3v) is 3.59. The first kappa shape index (κ1) is 9.78. The summed E-state index contributed by atoms with van der Waals surface area (Å²) >= 11 is 1.44. The predicted molar refractivity (Wildman–Crippen MR) is 65.9 cm³/mol. The second kappa shape index (κ2) is 3.87. The summed E-state index contributed by atoms with van der Waals surface area (Å²) in [4.78, 5) is 4.32. The molecular formula is C12H13N3S. The van der Waals surface area contributed by atoms with Gasteiger partial charge in [0.2, 0.25) is 5.13 Å². The van der Waals surface area contributed by atoms with Crippen molar-refractivity contribution in [2.45, 2.75) is 25.3 Å². The zero-order chi connectivity index (χ0) is 11.0. The highest BCUT2D eigenvalue weighted by Gasteiger charge is 2.38. The molecule has 0 aliphatic heterocycles. The second-order valence-electron chi connectivity index (χ2n) is 4.15. The average molecular weight is 231 g/mol. The van der Waals surface area contributed by atoms with E-state index in [-0.39, 0.29) is 0 Å². The molecule has 1 aliphatic carbocycles. The van der Waals surface area contributed by atoms with Gasteiger partial charge in [0.25, 0.3) is 0 Å². The fraction of sp³-hybridized carbons (Fsp3) is 0.333.